The molecule has 1 fully saturated rings. The molecule has 9 nitrogen and oxygen atoms in total. The molecule has 2 N–H and O–H groups in total. The van der Waals surface area contributed by atoms with Gasteiger partial charge in [-0.05, 0) is 60.7 Å². The Kier molecular flexibility index (Phi) is 5.97. The maximum absolute atomic E-state index is 12.9. The summed E-state index contributed by atoms with van der Waals surface area (Å²) in [7, 11) is 1.58. The first-order valence-corrected chi connectivity index (χ1v) is 11.1. The molecule has 2 heterocycles. The number of nitrogens with zero attached hydrogens (tertiary/aromatic N) is 1. The zero-order chi connectivity index (χ0) is 24.4. The molecule has 0 aliphatic carbocycles. The lowest BCUT2D eigenvalue weighted by molar-refractivity contribution is -0.122. The van der Waals surface area contributed by atoms with Crippen LogP contribution in [-0.4, -0.2) is 38.2 Å². The van der Waals surface area contributed by atoms with Crippen LogP contribution in [0.25, 0.3) is 0 Å². The van der Waals surface area contributed by atoms with Gasteiger partial charge in [-0.15, -0.1) is 0 Å². The lowest BCUT2D eigenvalue weighted by atomic mass is 10.1. The van der Waals surface area contributed by atoms with E-state index in [9.17, 15) is 14.4 Å². The third-order valence-electron chi connectivity index (χ3n) is 5.90. The molecule has 0 spiro atoms. The zero-order valence-electron chi connectivity index (χ0n) is 18.9. The van der Waals surface area contributed by atoms with Crippen molar-refractivity contribution in [1.82, 2.24) is 0 Å². The molecule has 3 aromatic rings. The van der Waals surface area contributed by atoms with E-state index in [-0.39, 0.29) is 37.5 Å². The molecule has 35 heavy (non-hydrogen) atoms. The number of amides is 3. The van der Waals surface area contributed by atoms with Gasteiger partial charge < -0.3 is 29.7 Å². The van der Waals surface area contributed by atoms with Crippen molar-refractivity contribution in [3.05, 3.63) is 72.3 Å². The second-order valence-electron chi connectivity index (χ2n) is 8.20. The summed E-state index contributed by atoms with van der Waals surface area (Å²) in [6, 6.07) is 19.0. The Hall–Kier alpha value is -4.53. The van der Waals surface area contributed by atoms with Gasteiger partial charge in [0.2, 0.25) is 18.6 Å². The highest BCUT2D eigenvalue weighted by molar-refractivity contribution is 6.06. The molecule has 0 saturated carbocycles. The molecule has 0 bridgehead atoms. The summed E-state index contributed by atoms with van der Waals surface area (Å²) in [5.41, 5.74) is 2.19. The number of methoxy groups -OCH3 is 1. The summed E-state index contributed by atoms with van der Waals surface area (Å²) in [6.45, 7) is 0.421. The number of carbonyl (C=O) groups excluding carboxylic acids is 3. The van der Waals surface area contributed by atoms with Crippen LogP contribution in [0.4, 0.5) is 17.1 Å². The van der Waals surface area contributed by atoms with Crippen LogP contribution in [0.5, 0.6) is 17.2 Å². The van der Waals surface area contributed by atoms with Crippen LogP contribution in [0.1, 0.15) is 16.8 Å². The van der Waals surface area contributed by atoms with Crippen LogP contribution in [0.2, 0.25) is 0 Å². The van der Waals surface area contributed by atoms with Gasteiger partial charge >= 0.3 is 0 Å². The molecule has 3 aromatic carbocycles. The van der Waals surface area contributed by atoms with Gasteiger partial charge in [0.1, 0.15) is 5.75 Å². The number of nitrogens with one attached hydrogen (secondary N) is 2. The maximum atomic E-state index is 12.9. The molecule has 3 amide bonds. The van der Waals surface area contributed by atoms with Crippen molar-refractivity contribution in [2.24, 2.45) is 5.92 Å². The first-order chi connectivity index (χ1) is 17.0. The molecule has 1 atom stereocenters. The van der Waals surface area contributed by atoms with E-state index in [0.29, 0.717) is 34.2 Å². The Morgan fingerprint density at radius 3 is 2.46 bits per heavy atom. The number of benzene rings is 3. The highest BCUT2D eigenvalue weighted by atomic mass is 16.7. The quantitative estimate of drug-likeness (QED) is 0.566. The van der Waals surface area contributed by atoms with Gasteiger partial charge in [0.25, 0.3) is 5.91 Å². The number of anilines is 3. The molecule has 178 valence electrons. The first-order valence-electron chi connectivity index (χ1n) is 11.1. The van der Waals surface area contributed by atoms with Crippen LogP contribution in [-0.2, 0) is 9.59 Å². The van der Waals surface area contributed by atoms with Gasteiger partial charge in [0.05, 0.1) is 13.0 Å². The van der Waals surface area contributed by atoms with E-state index in [1.807, 2.05) is 0 Å². The number of fused-ring (bicyclic) bond motifs is 1. The van der Waals surface area contributed by atoms with Gasteiger partial charge in [0, 0.05) is 35.6 Å². The standard InChI is InChI=1S/C26H23N3O6/c1-33-21-8-6-20(7-9-21)29-14-17(12-24(29)30)26(32)28-19-4-2-3-18(13-19)27-25(31)16-5-10-22-23(11-16)35-15-34-22/h2-11,13,17H,12,14-15H2,1H3,(H,27,31)(H,28,32). The second kappa shape index (κ2) is 9.38. The predicted octanol–water partition coefficient (Wildman–Crippen LogP) is 3.67. The third kappa shape index (κ3) is 4.74. The van der Waals surface area contributed by atoms with Crippen LogP contribution < -0.4 is 29.7 Å². The fraction of sp³-hybridized carbons (Fsp3) is 0.192. The van der Waals surface area contributed by atoms with Crippen LogP contribution in [0, 0.1) is 5.92 Å². The Balaban J connectivity index is 1.21. The topological polar surface area (TPSA) is 106 Å². The third-order valence-corrected chi connectivity index (χ3v) is 5.90. The van der Waals surface area contributed by atoms with Gasteiger partial charge in [0.15, 0.2) is 11.5 Å². The van der Waals surface area contributed by atoms with E-state index in [1.165, 1.54) is 0 Å². The fourth-order valence-corrected chi connectivity index (χ4v) is 4.05. The molecular formula is C26H23N3O6. The van der Waals surface area contributed by atoms with Gasteiger partial charge in [-0.2, -0.15) is 0 Å². The van der Waals surface area contributed by atoms with Crippen LogP contribution in [0.3, 0.4) is 0 Å². The summed E-state index contributed by atoms with van der Waals surface area (Å²) in [5.74, 6) is 0.643. The fourth-order valence-electron chi connectivity index (χ4n) is 4.05. The van der Waals surface area contributed by atoms with Crippen molar-refractivity contribution in [2.45, 2.75) is 6.42 Å². The molecule has 2 aliphatic rings. The Labute approximate surface area is 201 Å². The van der Waals surface area contributed by atoms with Crippen molar-refractivity contribution >= 4 is 34.8 Å². The summed E-state index contributed by atoms with van der Waals surface area (Å²) >= 11 is 0. The minimum absolute atomic E-state index is 0.111. The average molecular weight is 473 g/mol. The summed E-state index contributed by atoms with van der Waals surface area (Å²) in [6.07, 6.45) is 0.123. The lowest BCUT2D eigenvalue weighted by Gasteiger charge is -2.17. The molecule has 1 saturated heterocycles. The minimum Gasteiger partial charge on any atom is -0.497 e. The summed E-state index contributed by atoms with van der Waals surface area (Å²) in [5, 5.41) is 5.67. The largest absolute Gasteiger partial charge is 0.497 e. The number of ether oxygens (including phenoxy) is 3. The molecule has 0 aromatic heterocycles. The molecule has 9 heteroatoms. The second-order valence-corrected chi connectivity index (χ2v) is 8.20. The Morgan fingerprint density at radius 2 is 1.69 bits per heavy atom. The summed E-state index contributed by atoms with van der Waals surface area (Å²) < 4.78 is 15.7. The Bertz CT molecular complexity index is 1290. The van der Waals surface area contributed by atoms with Crippen molar-refractivity contribution in [2.75, 3.05) is 36.0 Å². The molecule has 5 rings (SSSR count). The van der Waals surface area contributed by atoms with E-state index >= 15 is 0 Å². The van der Waals surface area contributed by atoms with Crippen molar-refractivity contribution in [1.29, 1.82) is 0 Å². The SMILES string of the molecule is COc1ccc(N2CC(C(=O)Nc3cccc(NC(=O)c4ccc5c(c4)OCO5)c3)CC2=O)cc1. The van der Waals surface area contributed by atoms with E-state index < -0.39 is 5.92 Å². The van der Waals surface area contributed by atoms with E-state index in [2.05, 4.69) is 10.6 Å². The number of carbonyl (C=O) groups is 3. The maximum Gasteiger partial charge on any atom is 0.255 e. The minimum atomic E-state index is -0.489. The van der Waals surface area contributed by atoms with Gasteiger partial charge in [-0.3, -0.25) is 14.4 Å². The monoisotopic (exact) mass is 473 g/mol. The van der Waals surface area contributed by atoms with E-state index in [1.54, 1.807) is 78.7 Å². The lowest BCUT2D eigenvalue weighted by Crippen LogP contribution is -2.28. The van der Waals surface area contributed by atoms with Crippen LogP contribution in [0.15, 0.2) is 66.7 Å². The van der Waals surface area contributed by atoms with Crippen molar-refractivity contribution in [3.63, 3.8) is 0 Å². The van der Waals surface area contributed by atoms with E-state index in [4.69, 9.17) is 14.2 Å². The molecule has 1 unspecified atom stereocenters. The van der Waals surface area contributed by atoms with Crippen molar-refractivity contribution in [3.8, 4) is 17.2 Å². The molecular weight excluding hydrogens is 450 g/mol. The average Bonchev–Trinajstić information content (AvgIpc) is 3.50. The highest BCUT2D eigenvalue weighted by Crippen LogP contribution is 2.33. The van der Waals surface area contributed by atoms with Crippen molar-refractivity contribution < 1.29 is 28.6 Å². The first kappa shape index (κ1) is 22.3. The van der Waals surface area contributed by atoms with Gasteiger partial charge in [-0.1, -0.05) is 6.07 Å². The van der Waals surface area contributed by atoms with E-state index in [0.717, 1.165) is 5.69 Å². The molecule has 2 aliphatic heterocycles. The number of hydrogen-bond acceptors (Lipinski definition) is 6. The molecule has 0 radical (unpaired) electrons. The normalized spacial score (nSPS) is 16.2. The number of hydrogen-bond donors (Lipinski definition) is 2. The predicted molar refractivity (Wildman–Crippen MR) is 129 cm³/mol. The Morgan fingerprint density at radius 1 is 0.943 bits per heavy atom. The van der Waals surface area contributed by atoms with Gasteiger partial charge in [-0.25, -0.2) is 0 Å². The smallest absolute Gasteiger partial charge is 0.255 e. The number of rotatable bonds is 6. The summed E-state index contributed by atoms with van der Waals surface area (Å²) in [4.78, 5) is 39.7. The highest BCUT2D eigenvalue weighted by Gasteiger charge is 2.35. The van der Waals surface area contributed by atoms with Crippen LogP contribution >= 0.6 is 0 Å². The zero-order valence-corrected chi connectivity index (χ0v) is 18.9.